The lowest BCUT2D eigenvalue weighted by Crippen LogP contribution is -2.24. The van der Waals surface area contributed by atoms with Gasteiger partial charge in [-0.05, 0) is 19.3 Å². The van der Waals surface area contributed by atoms with Crippen molar-refractivity contribution < 1.29 is 4.74 Å². The third-order valence-corrected chi connectivity index (χ3v) is 3.84. The zero-order chi connectivity index (χ0) is 15.7. The molecule has 6 N–H and O–H groups in total. The van der Waals surface area contributed by atoms with Crippen LogP contribution in [-0.4, -0.2) is 38.2 Å². The summed E-state index contributed by atoms with van der Waals surface area (Å²) >= 11 is 0. The second kappa shape index (κ2) is 5.81. The molecule has 10 nitrogen and oxygen atoms in total. The van der Waals surface area contributed by atoms with Crippen LogP contribution in [0, 0.1) is 5.53 Å². The predicted molar refractivity (Wildman–Crippen MR) is 78.3 cm³/mol. The average molecular weight is 306 g/mol. The van der Waals surface area contributed by atoms with Crippen molar-refractivity contribution in [2.45, 2.75) is 37.6 Å². The standard InChI is InChI=1S/C12H18N8O2/c13-4-6(19-15)3-7-1-2-8(22-7)20-5-16-9-10(20)17-12(14)18-11(9)21/h5-8,15H,1-4,13H2,(H3,14,17,18,21). The van der Waals surface area contributed by atoms with E-state index in [1.807, 2.05) is 0 Å². The fraction of sp³-hybridized carbons (Fsp3) is 0.583. The summed E-state index contributed by atoms with van der Waals surface area (Å²) < 4.78 is 7.68. The zero-order valence-corrected chi connectivity index (χ0v) is 11.9. The number of rotatable bonds is 5. The summed E-state index contributed by atoms with van der Waals surface area (Å²) in [5.74, 6) is 0.0463. The minimum absolute atomic E-state index is 0.0237. The number of nitrogen functional groups attached to an aromatic ring is 1. The van der Waals surface area contributed by atoms with Crippen molar-refractivity contribution in [3.8, 4) is 0 Å². The van der Waals surface area contributed by atoms with Gasteiger partial charge in [-0.25, -0.2) is 10.5 Å². The molecular weight excluding hydrogens is 288 g/mol. The molecule has 2 aromatic heterocycles. The Kier molecular flexibility index (Phi) is 3.86. The van der Waals surface area contributed by atoms with E-state index >= 15 is 0 Å². The van der Waals surface area contributed by atoms with Gasteiger partial charge < -0.3 is 16.2 Å². The van der Waals surface area contributed by atoms with Crippen LogP contribution in [-0.2, 0) is 4.74 Å². The van der Waals surface area contributed by atoms with Crippen LogP contribution in [0.25, 0.3) is 11.2 Å². The summed E-state index contributed by atoms with van der Waals surface area (Å²) in [5, 5.41) is 3.48. The van der Waals surface area contributed by atoms with Gasteiger partial charge in [-0.15, -0.1) is 0 Å². The Morgan fingerprint density at radius 3 is 3.14 bits per heavy atom. The molecule has 0 aromatic carbocycles. The van der Waals surface area contributed by atoms with Gasteiger partial charge in [-0.3, -0.25) is 14.3 Å². The molecule has 1 aliphatic rings. The molecule has 0 amide bonds. The van der Waals surface area contributed by atoms with Crippen LogP contribution in [0.2, 0.25) is 0 Å². The molecule has 22 heavy (non-hydrogen) atoms. The maximum atomic E-state index is 11.8. The van der Waals surface area contributed by atoms with Crippen LogP contribution in [0.5, 0.6) is 0 Å². The lowest BCUT2D eigenvalue weighted by molar-refractivity contribution is -0.00197. The number of nitrogens with one attached hydrogen (secondary N) is 2. The predicted octanol–water partition coefficient (Wildman–Crippen LogP) is 0.128. The van der Waals surface area contributed by atoms with E-state index in [1.165, 1.54) is 6.33 Å². The number of imidazole rings is 1. The summed E-state index contributed by atoms with van der Waals surface area (Å²) in [7, 11) is 0. The Hall–Kier alpha value is -2.33. The van der Waals surface area contributed by atoms with Gasteiger partial charge >= 0.3 is 0 Å². The molecule has 10 heteroatoms. The van der Waals surface area contributed by atoms with Crippen molar-refractivity contribution >= 4 is 17.1 Å². The van der Waals surface area contributed by atoms with Gasteiger partial charge in [0, 0.05) is 6.54 Å². The molecule has 3 heterocycles. The fourth-order valence-corrected chi connectivity index (χ4v) is 2.72. The quantitative estimate of drug-likeness (QED) is 0.574. The summed E-state index contributed by atoms with van der Waals surface area (Å²) in [4.78, 5) is 22.4. The highest BCUT2D eigenvalue weighted by Crippen LogP contribution is 2.32. The molecule has 3 unspecified atom stereocenters. The van der Waals surface area contributed by atoms with E-state index in [2.05, 4.69) is 20.1 Å². The number of aromatic amines is 1. The first-order chi connectivity index (χ1) is 10.6. The van der Waals surface area contributed by atoms with Crippen LogP contribution in [0.1, 0.15) is 25.5 Å². The number of H-pyrrole nitrogens is 1. The van der Waals surface area contributed by atoms with E-state index in [0.717, 1.165) is 12.8 Å². The number of nitrogens with two attached hydrogens (primary N) is 2. The number of anilines is 1. The van der Waals surface area contributed by atoms with Crippen LogP contribution in [0.4, 0.5) is 5.95 Å². The lowest BCUT2D eigenvalue weighted by atomic mass is 10.1. The Bertz CT molecular complexity index is 738. The first kappa shape index (κ1) is 14.6. The third-order valence-electron chi connectivity index (χ3n) is 3.84. The van der Waals surface area contributed by atoms with Gasteiger partial charge in [0.2, 0.25) is 5.95 Å². The first-order valence-electron chi connectivity index (χ1n) is 7.06. The maximum absolute atomic E-state index is 11.8. The van der Waals surface area contributed by atoms with Crippen molar-refractivity contribution in [3.05, 3.63) is 16.7 Å². The lowest BCUT2D eigenvalue weighted by Gasteiger charge is -2.17. The monoisotopic (exact) mass is 306 g/mol. The van der Waals surface area contributed by atoms with Crippen LogP contribution in [0.3, 0.4) is 0 Å². The second-order valence-electron chi connectivity index (χ2n) is 5.32. The summed E-state index contributed by atoms with van der Waals surface area (Å²) in [5.41, 5.74) is 18.5. The van der Waals surface area contributed by atoms with Gasteiger partial charge in [-0.2, -0.15) is 10.1 Å². The molecule has 0 aliphatic carbocycles. The highest BCUT2D eigenvalue weighted by atomic mass is 16.5. The molecule has 118 valence electrons. The number of nitrogens with zero attached hydrogens (tertiary/aromatic N) is 4. The molecule has 0 radical (unpaired) electrons. The first-order valence-corrected chi connectivity index (χ1v) is 7.06. The highest BCUT2D eigenvalue weighted by molar-refractivity contribution is 5.70. The van der Waals surface area contributed by atoms with Gasteiger partial charge in [0.05, 0.1) is 18.5 Å². The normalized spacial score (nSPS) is 23.0. The second-order valence-corrected chi connectivity index (χ2v) is 5.32. The number of aromatic nitrogens is 4. The Morgan fingerprint density at radius 1 is 1.59 bits per heavy atom. The summed E-state index contributed by atoms with van der Waals surface area (Å²) in [6.45, 7) is 0.329. The number of hydrogen-bond donors (Lipinski definition) is 4. The molecule has 1 saturated heterocycles. The van der Waals surface area contributed by atoms with E-state index in [0.29, 0.717) is 18.6 Å². The van der Waals surface area contributed by atoms with E-state index in [4.69, 9.17) is 21.7 Å². The van der Waals surface area contributed by atoms with Crippen molar-refractivity contribution in [2.75, 3.05) is 12.3 Å². The van der Waals surface area contributed by atoms with Crippen molar-refractivity contribution in [2.24, 2.45) is 10.8 Å². The minimum Gasteiger partial charge on any atom is -0.369 e. The smallest absolute Gasteiger partial charge is 0.280 e. The average Bonchev–Trinajstić information content (AvgIpc) is 3.11. The largest absolute Gasteiger partial charge is 0.369 e. The molecule has 3 atom stereocenters. The molecule has 0 spiro atoms. The highest BCUT2D eigenvalue weighted by Gasteiger charge is 2.29. The summed E-state index contributed by atoms with van der Waals surface area (Å²) in [6, 6.07) is -0.222. The SMILES string of the molecule is N=NC(CN)CC1CCC(n2cnc3c(=O)[nH]c(N)nc32)O1. The molecule has 3 rings (SSSR count). The van der Waals surface area contributed by atoms with Gasteiger partial charge in [0.25, 0.3) is 5.56 Å². The van der Waals surface area contributed by atoms with E-state index in [-0.39, 0.29) is 35.4 Å². The van der Waals surface area contributed by atoms with E-state index in [1.54, 1.807) is 4.57 Å². The van der Waals surface area contributed by atoms with Crippen LogP contribution in [0.15, 0.2) is 16.2 Å². The number of hydrogen-bond acceptors (Lipinski definition) is 8. The van der Waals surface area contributed by atoms with E-state index < -0.39 is 0 Å². The van der Waals surface area contributed by atoms with Gasteiger partial charge in [0.1, 0.15) is 6.23 Å². The van der Waals surface area contributed by atoms with Crippen molar-refractivity contribution in [1.29, 1.82) is 5.53 Å². The number of fused-ring (bicyclic) bond motifs is 1. The number of ether oxygens (including phenoxy) is 1. The minimum atomic E-state index is -0.369. The molecule has 1 aliphatic heterocycles. The topological polar surface area (TPSA) is 161 Å². The fourth-order valence-electron chi connectivity index (χ4n) is 2.72. The van der Waals surface area contributed by atoms with Crippen LogP contribution < -0.4 is 17.0 Å². The van der Waals surface area contributed by atoms with E-state index in [9.17, 15) is 4.79 Å². The molecule has 0 saturated carbocycles. The molecule has 1 fully saturated rings. The van der Waals surface area contributed by atoms with Gasteiger partial charge in [0.15, 0.2) is 11.2 Å². The van der Waals surface area contributed by atoms with Crippen LogP contribution >= 0.6 is 0 Å². The Balaban J connectivity index is 1.81. The van der Waals surface area contributed by atoms with Crippen molar-refractivity contribution in [3.63, 3.8) is 0 Å². The molecule has 2 aromatic rings. The Labute approximate surface area is 125 Å². The maximum Gasteiger partial charge on any atom is 0.280 e. The van der Waals surface area contributed by atoms with Gasteiger partial charge in [-0.1, -0.05) is 0 Å². The Morgan fingerprint density at radius 2 is 2.41 bits per heavy atom. The van der Waals surface area contributed by atoms with Crippen molar-refractivity contribution in [1.82, 2.24) is 19.5 Å². The third kappa shape index (κ3) is 2.57. The summed E-state index contributed by atoms with van der Waals surface area (Å²) in [6.07, 6.45) is 3.46. The zero-order valence-electron chi connectivity index (χ0n) is 11.9. The molecule has 0 bridgehead atoms. The molecular formula is C12H18N8O2.